The lowest BCUT2D eigenvalue weighted by Gasteiger charge is -2.39. The summed E-state index contributed by atoms with van der Waals surface area (Å²) in [6.07, 6.45) is 8.33. The maximum absolute atomic E-state index is 14.6. The van der Waals surface area contributed by atoms with Crippen molar-refractivity contribution in [3.8, 4) is 0 Å². The molecule has 49 heavy (non-hydrogen) atoms. The highest BCUT2D eigenvalue weighted by molar-refractivity contribution is 7.12. The minimum Gasteiger partial charge on any atom is -0.346 e. The molecule has 3 aliphatic carbocycles. The minimum atomic E-state index is -0.996. The summed E-state index contributed by atoms with van der Waals surface area (Å²) in [6, 6.07) is -0.122. The SMILES string of the molecule is C=CCNC(=O)C(=O)C(CC1CC1)NC(=O)[C@@H]1[C@@H]2[C@H](CN1C(=O)[C@@H](NC(=O)[C@@H](NC(=O)c1cccs1)C1CCCCC1)C(C)(C)C)C2(C)C. The fourth-order valence-corrected chi connectivity index (χ4v) is 8.56. The van der Waals surface area contributed by atoms with Crippen LogP contribution in [0, 0.1) is 34.5 Å². The maximum atomic E-state index is 14.6. The molecule has 4 aliphatic rings. The number of carbonyl (C=O) groups is 6. The van der Waals surface area contributed by atoms with E-state index in [1.54, 1.807) is 17.0 Å². The molecule has 0 aromatic carbocycles. The average molecular weight is 696 g/mol. The number of nitrogens with zero attached hydrogens (tertiary/aromatic N) is 1. The van der Waals surface area contributed by atoms with Gasteiger partial charge < -0.3 is 26.2 Å². The zero-order valence-electron chi connectivity index (χ0n) is 29.5. The average Bonchev–Trinajstić information content (AvgIpc) is 3.75. The van der Waals surface area contributed by atoms with E-state index in [1.807, 2.05) is 26.2 Å². The van der Waals surface area contributed by atoms with E-state index in [2.05, 4.69) is 41.7 Å². The van der Waals surface area contributed by atoms with Crippen molar-refractivity contribution in [2.75, 3.05) is 13.1 Å². The number of piperidine rings is 1. The molecule has 5 rings (SSSR count). The molecule has 1 aromatic heterocycles. The molecule has 268 valence electrons. The van der Waals surface area contributed by atoms with Gasteiger partial charge in [0.25, 0.3) is 11.8 Å². The smallest absolute Gasteiger partial charge is 0.289 e. The van der Waals surface area contributed by atoms with Crippen LogP contribution in [0.2, 0.25) is 0 Å². The zero-order chi connectivity index (χ0) is 35.7. The molecule has 5 amide bonds. The lowest BCUT2D eigenvalue weighted by molar-refractivity contribution is -0.147. The van der Waals surface area contributed by atoms with Crippen molar-refractivity contribution in [2.24, 2.45) is 34.5 Å². The van der Waals surface area contributed by atoms with Crippen LogP contribution < -0.4 is 21.3 Å². The van der Waals surface area contributed by atoms with Gasteiger partial charge in [-0.1, -0.05) is 78.9 Å². The zero-order valence-corrected chi connectivity index (χ0v) is 30.3. The molecule has 4 N–H and O–H groups in total. The van der Waals surface area contributed by atoms with Crippen LogP contribution in [0.1, 0.15) is 95.7 Å². The number of fused-ring (bicyclic) bond motifs is 1. The molecule has 3 saturated carbocycles. The molecule has 0 bridgehead atoms. The summed E-state index contributed by atoms with van der Waals surface area (Å²) in [6.45, 7) is 13.8. The molecule has 1 saturated heterocycles. The van der Waals surface area contributed by atoms with Crippen molar-refractivity contribution in [1.29, 1.82) is 0 Å². The van der Waals surface area contributed by atoms with Gasteiger partial charge >= 0.3 is 0 Å². The first-order valence-electron chi connectivity index (χ1n) is 17.8. The molecule has 1 aromatic rings. The van der Waals surface area contributed by atoms with Gasteiger partial charge in [0, 0.05) is 13.1 Å². The maximum Gasteiger partial charge on any atom is 0.289 e. The second-order valence-electron chi connectivity index (χ2n) is 16.1. The Balaban J connectivity index is 1.36. The summed E-state index contributed by atoms with van der Waals surface area (Å²) >= 11 is 1.31. The fraction of sp³-hybridized carbons (Fsp3) is 0.676. The first kappa shape index (κ1) is 36.7. The van der Waals surface area contributed by atoms with Crippen molar-refractivity contribution in [2.45, 2.75) is 110 Å². The van der Waals surface area contributed by atoms with Crippen LogP contribution in [0.5, 0.6) is 0 Å². The third kappa shape index (κ3) is 8.27. The normalized spacial score (nSPS) is 24.8. The van der Waals surface area contributed by atoms with Crippen molar-refractivity contribution in [1.82, 2.24) is 26.2 Å². The summed E-state index contributed by atoms with van der Waals surface area (Å²) in [5, 5.41) is 13.2. The van der Waals surface area contributed by atoms with E-state index in [4.69, 9.17) is 0 Å². The molecule has 0 spiro atoms. The number of amides is 5. The van der Waals surface area contributed by atoms with Crippen molar-refractivity contribution in [3.63, 3.8) is 0 Å². The summed E-state index contributed by atoms with van der Waals surface area (Å²) in [5.41, 5.74) is -0.909. The minimum absolute atomic E-state index is 0.0586. The molecule has 0 radical (unpaired) electrons. The Kier molecular flexibility index (Phi) is 11.1. The van der Waals surface area contributed by atoms with Gasteiger partial charge in [0.15, 0.2) is 0 Å². The number of carbonyl (C=O) groups excluding carboxylic acids is 6. The van der Waals surface area contributed by atoms with Crippen LogP contribution in [0.15, 0.2) is 30.2 Å². The van der Waals surface area contributed by atoms with Gasteiger partial charge in [-0.3, -0.25) is 28.8 Å². The molecule has 4 fully saturated rings. The van der Waals surface area contributed by atoms with Crippen LogP contribution in [-0.2, 0) is 24.0 Å². The van der Waals surface area contributed by atoms with E-state index in [9.17, 15) is 28.8 Å². The van der Waals surface area contributed by atoms with Crippen LogP contribution in [0.3, 0.4) is 0 Å². The van der Waals surface area contributed by atoms with Crippen LogP contribution in [0.25, 0.3) is 0 Å². The van der Waals surface area contributed by atoms with E-state index in [0.29, 0.717) is 17.8 Å². The van der Waals surface area contributed by atoms with E-state index in [0.717, 1.165) is 44.9 Å². The molecule has 11 nitrogen and oxygen atoms in total. The summed E-state index contributed by atoms with van der Waals surface area (Å²) in [4.78, 5) is 83.9. The monoisotopic (exact) mass is 695 g/mol. The first-order valence-corrected chi connectivity index (χ1v) is 18.7. The van der Waals surface area contributed by atoms with Crippen LogP contribution >= 0.6 is 11.3 Å². The predicted molar refractivity (Wildman–Crippen MR) is 187 cm³/mol. The third-order valence-corrected chi connectivity index (χ3v) is 12.0. The van der Waals surface area contributed by atoms with Gasteiger partial charge in [-0.25, -0.2) is 0 Å². The Bertz CT molecular complexity index is 1440. The number of thiophene rings is 1. The summed E-state index contributed by atoms with van der Waals surface area (Å²) in [5.74, 6) is -2.87. The predicted octanol–water partition coefficient (Wildman–Crippen LogP) is 3.60. The van der Waals surface area contributed by atoms with Gasteiger partial charge in [-0.05, 0) is 65.2 Å². The Labute approximate surface area is 293 Å². The van der Waals surface area contributed by atoms with Gasteiger partial charge in [-0.15, -0.1) is 17.9 Å². The highest BCUT2D eigenvalue weighted by Crippen LogP contribution is 2.65. The number of nitrogens with one attached hydrogen (secondary N) is 4. The number of ketones is 1. The number of hydrogen-bond acceptors (Lipinski definition) is 7. The standard InChI is InChI=1S/C37H53N5O6S/c1-7-17-38-34(47)29(43)24(19-21-15-16-21)39-33(46)28-26-23(37(26,5)6)20-42(28)35(48)30(36(2,3)4)41-32(45)27(22-12-9-8-10-13-22)40-31(44)25-14-11-18-49-25/h7,11,14,18,21-24,26-28,30H,1,8-10,12-13,15-17,19-20H2,2-6H3,(H,38,47)(H,39,46)(H,40,44)(H,41,45)/t23-,24?,26-,27-,28-,30+/m0/s1. The first-order chi connectivity index (χ1) is 23.1. The highest BCUT2D eigenvalue weighted by atomic mass is 32.1. The number of rotatable bonds is 14. The second kappa shape index (κ2) is 14.7. The number of hydrogen-bond donors (Lipinski definition) is 4. The largest absolute Gasteiger partial charge is 0.346 e. The second-order valence-corrected chi connectivity index (χ2v) is 17.1. The quantitative estimate of drug-likeness (QED) is 0.172. The lowest BCUT2D eigenvalue weighted by atomic mass is 9.82. The third-order valence-electron chi connectivity index (χ3n) is 11.1. The molecule has 1 aliphatic heterocycles. The fourth-order valence-electron chi connectivity index (χ4n) is 7.93. The Morgan fingerprint density at radius 1 is 1.02 bits per heavy atom. The Morgan fingerprint density at radius 2 is 1.71 bits per heavy atom. The molecule has 12 heteroatoms. The molecular weight excluding hydrogens is 643 g/mol. The van der Waals surface area contributed by atoms with Gasteiger partial charge in [0.05, 0.1) is 10.9 Å². The highest BCUT2D eigenvalue weighted by Gasteiger charge is 2.70. The van der Waals surface area contributed by atoms with Gasteiger partial charge in [0.2, 0.25) is 23.5 Å². The van der Waals surface area contributed by atoms with E-state index < -0.39 is 53.1 Å². The number of Topliss-reactive ketones (excluding diaryl/α,β-unsaturated/α-hetero) is 1. The van der Waals surface area contributed by atoms with Gasteiger partial charge in [0.1, 0.15) is 18.1 Å². The summed E-state index contributed by atoms with van der Waals surface area (Å²) < 4.78 is 0. The molecular formula is C37H53N5O6S. The summed E-state index contributed by atoms with van der Waals surface area (Å²) in [7, 11) is 0. The van der Waals surface area contributed by atoms with E-state index in [1.165, 1.54) is 17.4 Å². The Hall–Kier alpha value is -3.54. The van der Waals surface area contributed by atoms with E-state index >= 15 is 0 Å². The molecule has 6 atom stereocenters. The van der Waals surface area contributed by atoms with E-state index in [-0.39, 0.29) is 47.4 Å². The topological polar surface area (TPSA) is 154 Å². The van der Waals surface area contributed by atoms with Crippen molar-refractivity contribution in [3.05, 3.63) is 35.0 Å². The van der Waals surface area contributed by atoms with Crippen molar-refractivity contribution < 1.29 is 28.8 Å². The molecule has 1 unspecified atom stereocenters. The number of likely N-dealkylation sites (tertiary alicyclic amines) is 1. The van der Waals surface area contributed by atoms with Crippen molar-refractivity contribution >= 4 is 46.7 Å². The van der Waals surface area contributed by atoms with Gasteiger partial charge in [-0.2, -0.15) is 0 Å². The Morgan fingerprint density at radius 3 is 2.31 bits per heavy atom. The van der Waals surface area contributed by atoms with Crippen LogP contribution in [-0.4, -0.2) is 77.5 Å². The lowest BCUT2D eigenvalue weighted by Crippen LogP contribution is -2.62. The van der Waals surface area contributed by atoms with Crippen LogP contribution in [0.4, 0.5) is 0 Å². The molecule has 2 heterocycles.